The van der Waals surface area contributed by atoms with Crippen molar-refractivity contribution in [2.24, 2.45) is 5.73 Å². The summed E-state index contributed by atoms with van der Waals surface area (Å²) in [6.07, 6.45) is 1.08. The average molecular weight is 444 g/mol. The van der Waals surface area contributed by atoms with E-state index in [2.05, 4.69) is 59.8 Å². The predicted octanol–water partition coefficient (Wildman–Crippen LogP) is 4.28. The first-order valence-corrected chi connectivity index (χ1v) is 10.3. The number of carbonyl (C=O) groups is 1. The number of nitrogens with one attached hydrogen (secondary N) is 1. The van der Waals surface area contributed by atoms with E-state index >= 15 is 0 Å². The quantitative estimate of drug-likeness (QED) is 0.700. The number of benzene rings is 1. The Kier molecular flexibility index (Phi) is 9.95. The number of amides is 1. The van der Waals surface area contributed by atoms with Gasteiger partial charge in [0.15, 0.2) is 0 Å². The van der Waals surface area contributed by atoms with Gasteiger partial charge in [0.2, 0.25) is 5.91 Å². The molecule has 3 N–H and O–H groups in total. The average Bonchev–Trinajstić information content (AvgIpc) is 3.10. The van der Waals surface area contributed by atoms with Crippen molar-refractivity contribution < 1.29 is 4.79 Å². The van der Waals surface area contributed by atoms with Gasteiger partial charge in [-0.25, -0.2) is 0 Å². The lowest BCUT2D eigenvalue weighted by Gasteiger charge is -2.35. The fourth-order valence-electron chi connectivity index (χ4n) is 3.46. The number of carbonyl (C=O) groups excluding carboxylic acids is 1. The van der Waals surface area contributed by atoms with E-state index in [1.165, 1.54) is 21.6 Å². The molecule has 2 heterocycles. The van der Waals surface area contributed by atoms with Crippen LogP contribution in [0.25, 0.3) is 0 Å². The lowest BCUT2D eigenvalue weighted by Crippen LogP contribution is -2.44. The molecule has 1 aliphatic heterocycles. The van der Waals surface area contributed by atoms with Gasteiger partial charge in [-0.1, -0.05) is 38.1 Å². The summed E-state index contributed by atoms with van der Waals surface area (Å²) in [5, 5.41) is 5.21. The van der Waals surface area contributed by atoms with Gasteiger partial charge in [0.25, 0.3) is 0 Å². The number of nitrogens with zero attached hydrogens (tertiary/aromatic N) is 1. The van der Waals surface area contributed by atoms with Gasteiger partial charge in [-0.05, 0) is 47.4 Å². The lowest BCUT2D eigenvalue weighted by molar-refractivity contribution is -0.122. The van der Waals surface area contributed by atoms with Crippen molar-refractivity contribution in [3.63, 3.8) is 0 Å². The molecule has 7 heteroatoms. The summed E-state index contributed by atoms with van der Waals surface area (Å²) in [6, 6.07) is 10.7. The molecule has 4 nitrogen and oxygen atoms in total. The Labute approximate surface area is 184 Å². The Bertz CT molecular complexity index is 746. The van der Waals surface area contributed by atoms with Crippen LogP contribution in [0.15, 0.2) is 35.7 Å². The Morgan fingerprint density at radius 2 is 1.79 bits per heavy atom. The second kappa shape index (κ2) is 11.2. The Balaban J connectivity index is 0.00000196. The molecule has 0 saturated heterocycles. The maximum absolute atomic E-state index is 12.0. The van der Waals surface area contributed by atoms with Crippen LogP contribution in [0.1, 0.15) is 54.3 Å². The predicted molar refractivity (Wildman–Crippen MR) is 123 cm³/mol. The van der Waals surface area contributed by atoms with Gasteiger partial charge >= 0.3 is 0 Å². The molecule has 156 valence electrons. The van der Waals surface area contributed by atoms with E-state index in [4.69, 9.17) is 5.73 Å². The van der Waals surface area contributed by atoms with Crippen LogP contribution in [0.4, 0.5) is 0 Å². The minimum Gasteiger partial charge on any atom is -0.353 e. The van der Waals surface area contributed by atoms with Gasteiger partial charge in [-0.15, -0.1) is 36.2 Å². The molecule has 1 amide bonds. The zero-order valence-electron chi connectivity index (χ0n) is 16.7. The summed E-state index contributed by atoms with van der Waals surface area (Å²) in [5.74, 6) is 0.422. The van der Waals surface area contributed by atoms with E-state index in [1.54, 1.807) is 6.92 Å². The fraction of sp³-hybridized carbons (Fsp3) is 0.476. The van der Waals surface area contributed by atoms with Crippen molar-refractivity contribution in [1.29, 1.82) is 0 Å². The monoisotopic (exact) mass is 443 g/mol. The number of nitrogens with two attached hydrogens (primary N) is 1. The van der Waals surface area contributed by atoms with Crippen molar-refractivity contribution in [3.8, 4) is 0 Å². The van der Waals surface area contributed by atoms with Crippen molar-refractivity contribution >= 4 is 42.1 Å². The molecule has 0 aliphatic carbocycles. The summed E-state index contributed by atoms with van der Waals surface area (Å²) < 4.78 is 0. The number of rotatable bonds is 6. The highest BCUT2D eigenvalue weighted by molar-refractivity contribution is 7.10. The number of hydrogen-bond donors (Lipinski definition) is 2. The fourth-order valence-corrected chi connectivity index (χ4v) is 4.35. The highest BCUT2D eigenvalue weighted by Crippen LogP contribution is 2.30. The van der Waals surface area contributed by atoms with Crippen LogP contribution >= 0.6 is 36.2 Å². The van der Waals surface area contributed by atoms with Crippen LogP contribution in [-0.2, 0) is 17.8 Å². The molecule has 0 fully saturated rings. The number of halogens is 2. The Morgan fingerprint density at radius 3 is 2.39 bits per heavy atom. The van der Waals surface area contributed by atoms with Gasteiger partial charge < -0.3 is 11.1 Å². The standard InChI is InChI=1S/C21H29N3OS.2ClH/c1-14(2)16-4-6-17(7-5-16)19(12-23-21(25)15(3)22)24-10-8-20-18(13-24)9-11-26-20;;/h4-7,9,11,14-15,19H,8,10,12-13,22H2,1-3H3,(H,23,25);2*1H/t15-,19?;;/m1../s1. The van der Waals surface area contributed by atoms with Crippen LogP contribution < -0.4 is 11.1 Å². The Hall–Kier alpha value is -1.11. The number of fused-ring (bicyclic) bond motifs is 1. The SMILES string of the molecule is CC(C)c1ccc(C(CNC(=O)[C@@H](C)N)N2CCc3sccc3C2)cc1.Cl.Cl. The highest BCUT2D eigenvalue weighted by Gasteiger charge is 2.26. The van der Waals surface area contributed by atoms with Crippen LogP contribution in [0.3, 0.4) is 0 Å². The van der Waals surface area contributed by atoms with Gasteiger partial charge in [0.1, 0.15) is 0 Å². The second-order valence-corrected chi connectivity index (χ2v) is 8.46. The number of thiophene rings is 1. The molecule has 2 aromatic rings. The highest BCUT2D eigenvalue weighted by atomic mass is 35.5. The third kappa shape index (κ3) is 5.94. The third-order valence-corrected chi connectivity index (χ3v) is 6.17. The first kappa shape index (κ1) is 24.9. The van der Waals surface area contributed by atoms with Gasteiger partial charge in [-0.2, -0.15) is 0 Å². The van der Waals surface area contributed by atoms with Gasteiger partial charge in [0.05, 0.1) is 12.1 Å². The van der Waals surface area contributed by atoms with Gasteiger partial charge in [0, 0.05) is 24.5 Å². The van der Waals surface area contributed by atoms with E-state index in [0.717, 1.165) is 19.5 Å². The van der Waals surface area contributed by atoms with E-state index in [9.17, 15) is 4.79 Å². The van der Waals surface area contributed by atoms with Crippen molar-refractivity contribution in [3.05, 3.63) is 57.3 Å². The summed E-state index contributed by atoms with van der Waals surface area (Å²) >= 11 is 1.85. The van der Waals surface area contributed by atoms with Crippen molar-refractivity contribution in [1.82, 2.24) is 10.2 Å². The minimum atomic E-state index is -0.483. The third-order valence-electron chi connectivity index (χ3n) is 5.15. The van der Waals surface area contributed by atoms with Crippen LogP contribution in [0, 0.1) is 0 Å². The second-order valence-electron chi connectivity index (χ2n) is 7.46. The molecular formula is C21H31Cl2N3OS. The largest absolute Gasteiger partial charge is 0.353 e. The number of hydrogen-bond acceptors (Lipinski definition) is 4. The molecule has 0 radical (unpaired) electrons. The van der Waals surface area contributed by atoms with Crippen LogP contribution in [0.2, 0.25) is 0 Å². The maximum Gasteiger partial charge on any atom is 0.236 e. The lowest BCUT2D eigenvalue weighted by atomic mass is 9.97. The van der Waals surface area contributed by atoms with E-state index in [0.29, 0.717) is 12.5 Å². The summed E-state index contributed by atoms with van der Waals surface area (Å²) in [4.78, 5) is 16.0. The zero-order chi connectivity index (χ0) is 18.7. The first-order valence-electron chi connectivity index (χ1n) is 9.38. The molecule has 0 bridgehead atoms. The summed E-state index contributed by atoms with van der Waals surface area (Å²) in [5.41, 5.74) is 9.72. The zero-order valence-corrected chi connectivity index (χ0v) is 19.1. The van der Waals surface area contributed by atoms with Crippen molar-refractivity contribution in [2.75, 3.05) is 13.1 Å². The minimum absolute atomic E-state index is 0. The molecule has 28 heavy (non-hydrogen) atoms. The molecule has 1 aromatic heterocycles. The smallest absolute Gasteiger partial charge is 0.236 e. The maximum atomic E-state index is 12.0. The van der Waals surface area contributed by atoms with Crippen LogP contribution in [-0.4, -0.2) is 29.9 Å². The van der Waals surface area contributed by atoms with Crippen molar-refractivity contribution in [2.45, 2.75) is 51.7 Å². The summed E-state index contributed by atoms with van der Waals surface area (Å²) in [6.45, 7) is 8.67. The molecule has 0 saturated carbocycles. The Morgan fingerprint density at radius 1 is 1.14 bits per heavy atom. The topological polar surface area (TPSA) is 58.4 Å². The molecular weight excluding hydrogens is 413 g/mol. The van der Waals surface area contributed by atoms with Gasteiger partial charge in [-0.3, -0.25) is 9.69 Å². The molecule has 0 spiro atoms. The normalized spacial score (nSPS) is 15.8. The van der Waals surface area contributed by atoms with E-state index in [-0.39, 0.29) is 36.8 Å². The molecule has 3 rings (SSSR count). The molecule has 1 unspecified atom stereocenters. The van der Waals surface area contributed by atoms with E-state index < -0.39 is 6.04 Å². The first-order chi connectivity index (χ1) is 12.5. The molecule has 2 atom stereocenters. The van der Waals surface area contributed by atoms with Crippen LogP contribution in [0.5, 0.6) is 0 Å². The van der Waals surface area contributed by atoms with E-state index in [1.807, 2.05) is 11.3 Å². The summed E-state index contributed by atoms with van der Waals surface area (Å²) in [7, 11) is 0. The molecule has 1 aromatic carbocycles. The molecule has 1 aliphatic rings.